The molecule has 0 radical (unpaired) electrons. The number of hydrogen-bond donors (Lipinski definition) is 1. The molecule has 1 aromatic heterocycles. The molecule has 6 rings (SSSR count). The summed E-state index contributed by atoms with van der Waals surface area (Å²) < 4.78 is 47.5. The molecule has 37 heavy (non-hydrogen) atoms. The second-order valence-corrected chi connectivity index (χ2v) is 10.8. The number of anilines is 2. The number of halogens is 3. The van der Waals surface area contributed by atoms with Gasteiger partial charge in [-0.1, -0.05) is 6.42 Å². The Morgan fingerprint density at radius 3 is 2.43 bits per heavy atom. The molecule has 2 aromatic rings. The van der Waals surface area contributed by atoms with Crippen LogP contribution in [-0.4, -0.2) is 60.1 Å². The highest BCUT2D eigenvalue weighted by Crippen LogP contribution is 2.50. The fourth-order valence-corrected chi connectivity index (χ4v) is 6.17. The summed E-state index contributed by atoms with van der Waals surface area (Å²) in [5, 5.41) is 2.55. The van der Waals surface area contributed by atoms with Gasteiger partial charge in [0.05, 0.1) is 29.9 Å². The number of ether oxygens (including phenoxy) is 1. The first-order valence-electron chi connectivity index (χ1n) is 12.9. The van der Waals surface area contributed by atoms with Gasteiger partial charge in [-0.05, 0) is 67.9 Å². The molecule has 2 atom stereocenters. The zero-order valence-corrected chi connectivity index (χ0v) is 20.4. The number of fused-ring (bicyclic) bond motifs is 2. The zero-order valence-electron chi connectivity index (χ0n) is 20.4. The molecule has 3 saturated heterocycles. The van der Waals surface area contributed by atoms with Crippen LogP contribution in [0.25, 0.3) is 0 Å². The summed E-state index contributed by atoms with van der Waals surface area (Å²) in [5.41, 5.74) is 0.171. The molecule has 4 aliphatic rings. The number of likely N-dealkylation sites (tertiary alicyclic amines) is 1. The molecule has 4 fully saturated rings. The van der Waals surface area contributed by atoms with E-state index in [9.17, 15) is 22.8 Å². The van der Waals surface area contributed by atoms with Crippen molar-refractivity contribution >= 4 is 23.2 Å². The number of nitrogens with one attached hydrogen (secondary N) is 1. The minimum Gasteiger partial charge on any atom is -0.374 e. The van der Waals surface area contributed by atoms with E-state index in [1.54, 1.807) is 4.90 Å². The molecule has 4 heterocycles. The van der Waals surface area contributed by atoms with Gasteiger partial charge in [0.2, 0.25) is 0 Å². The largest absolute Gasteiger partial charge is 0.418 e. The van der Waals surface area contributed by atoms with Crippen LogP contribution in [0.4, 0.5) is 24.5 Å². The number of rotatable bonds is 4. The third kappa shape index (κ3) is 4.56. The van der Waals surface area contributed by atoms with Crippen LogP contribution in [0.1, 0.15) is 64.9 Å². The molecule has 1 N–H and O–H groups in total. The van der Waals surface area contributed by atoms with Crippen molar-refractivity contribution in [3.8, 4) is 0 Å². The van der Waals surface area contributed by atoms with E-state index in [1.807, 2.05) is 4.90 Å². The Morgan fingerprint density at radius 1 is 1.08 bits per heavy atom. The second-order valence-electron chi connectivity index (χ2n) is 10.8. The quantitative estimate of drug-likeness (QED) is 0.638. The lowest BCUT2D eigenvalue weighted by molar-refractivity contribution is -0.137. The van der Waals surface area contributed by atoms with Gasteiger partial charge in [-0.2, -0.15) is 13.2 Å². The maximum Gasteiger partial charge on any atom is 0.418 e. The van der Waals surface area contributed by atoms with Crippen LogP contribution in [0, 0.1) is 5.41 Å². The highest BCUT2D eigenvalue weighted by molar-refractivity contribution is 6.04. The van der Waals surface area contributed by atoms with Crippen molar-refractivity contribution in [2.45, 2.75) is 56.8 Å². The van der Waals surface area contributed by atoms with Gasteiger partial charge < -0.3 is 19.9 Å². The van der Waals surface area contributed by atoms with E-state index in [-0.39, 0.29) is 40.7 Å². The van der Waals surface area contributed by atoms with Crippen LogP contribution in [0.15, 0.2) is 36.5 Å². The Balaban J connectivity index is 1.14. The lowest BCUT2D eigenvalue weighted by atomic mass is 9.63. The minimum atomic E-state index is -4.55. The van der Waals surface area contributed by atoms with Crippen LogP contribution >= 0.6 is 0 Å². The van der Waals surface area contributed by atoms with Crippen LogP contribution in [0.2, 0.25) is 0 Å². The Morgan fingerprint density at radius 2 is 1.86 bits per heavy atom. The van der Waals surface area contributed by atoms with Crippen molar-refractivity contribution < 1.29 is 27.5 Å². The fourth-order valence-electron chi connectivity index (χ4n) is 6.17. The normalized spacial score (nSPS) is 24.3. The Hall–Kier alpha value is -3.14. The van der Waals surface area contributed by atoms with Gasteiger partial charge in [0.15, 0.2) is 0 Å². The monoisotopic (exact) mass is 514 g/mol. The van der Waals surface area contributed by atoms with Crippen LogP contribution in [0.5, 0.6) is 0 Å². The van der Waals surface area contributed by atoms with E-state index in [2.05, 4.69) is 10.3 Å². The first kappa shape index (κ1) is 24.2. The van der Waals surface area contributed by atoms with E-state index >= 15 is 0 Å². The molecule has 1 saturated carbocycles. The number of pyridine rings is 1. The van der Waals surface area contributed by atoms with Crippen LogP contribution in [-0.2, 0) is 10.9 Å². The Labute approximate surface area is 213 Å². The lowest BCUT2D eigenvalue weighted by Gasteiger charge is -2.48. The molecule has 0 unspecified atom stereocenters. The smallest absolute Gasteiger partial charge is 0.374 e. The standard InChI is InChI=1S/C27H29F3N4O3/c28-27(29,30)21-12-18(3-5-23(21)33-10-8-26(9-11-33)6-1-7-26)32-24(35)17-2-4-22(31-14-17)25(36)34-15-20-13-19(34)16-37-20/h2-5,12,14,19-20H,1,6-11,13,15-16H2,(H,32,35)/t19-,20-/m0/s1. The van der Waals surface area contributed by atoms with Crippen molar-refractivity contribution in [1.29, 1.82) is 0 Å². The number of morpholine rings is 1. The third-order valence-corrected chi connectivity index (χ3v) is 8.54. The van der Waals surface area contributed by atoms with Crippen LogP contribution < -0.4 is 10.2 Å². The van der Waals surface area contributed by atoms with Crippen molar-refractivity contribution in [2.24, 2.45) is 5.41 Å². The highest BCUT2D eigenvalue weighted by atomic mass is 19.4. The summed E-state index contributed by atoms with van der Waals surface area (Å²) >= 11 is 0. The SMILES string of the molecule is O=C(Nc1ccc(N2CCC3(CCC3)CC2)c(C(F)(F)F)c1)c1ccc(C(=O)N2C[C@@H]3C[C@H]2CO3)nc1. The summed E-state index contributed by atoms with van der Waals surface area (Å²) in [4.78, 5) is 33.2. The van der Waals surface area contributed by atoms with Gasteiger partial charge in [-0.3, -0.25) is 14.6 Å². The first-order valence-corrected chi connectivity index (χ1v) is 12.9. The van der Waals surface area contributed by atoms with Gasteiger partial charge in [0.25, 0.3) is 11.8 Å². The number of nitrogens with zero attached hydrogens (tertiary/aromatic N) is 3. The van der Waals surface area contributed by atoms with E-state index in [0.29, 0.717) is 31.7 Å². The van der Waals surface area contributed by atoms with Gasteiger partial charge in [-0.25, -0.2) is 0 Å². The number of piperidine rings is 1. The summed E-state index contributed by atoms with van der Waals surface area (Å²) in [5.74, 6) is -0.806. The molecule has 1 spiro atoms. The predicted octanol–water partition coefficient (Wildman–Crippen LogP) is 4.74. The number of hydrogen-bond acceptors (Lipinski definition) is 5. The molecule has 7 nitrogen and oxygen atoms in total. The number of aromatic nitrogens is 1. The second kappa shape index (κ2) is 9.01. The molecule has 2 amide bonds. The zero-order chi connectivity index (χ0) is 25.8. The maximum absolute atomic E-state index is 14.0. The fraction of sp³-hybridized carbons (Fsp3) is 0.519. The molecular weight excluding hydrogens is 485 g/mol. The number of carbonyl (C=O) groups excluding carboxylic acids is 2. The topological polar surface area (TPSA) is 74.8 Å². The van der Waals surface area contributed by atoms with Crippen molar-refractivity contribution in [3.63, 3.8) is 0 Å². The average molecular weight is 515 g/mol. The average Bonchev–Trinajstić information content (AvgIpc) is 3.51. The van der Waals surface area contributed by atoms with Crippen LogP contribution in [0.3, 0.4) is 0 Å². The molecule has 10 heteroatoms. The molecule has 1 aliphatic carbocycles. The minimum absolute atomic E-state index is 0.0531. The number of benzene rings is 1. The number of alkyl halides is 3. The molecule has 3 aliphatic heterocycles. The summed E-state index contributed by atoms with van der Waals surface area (Å²) in [6.45, 7) is 2.27. The summed E-state index contributed by atoms with van der Waals surface area (Å²) in [7, 11) is 0. The highest BCUT2D eigenvalue weighted by Gasteiger charge is 2.43. The van der Waals surface area contributed by atoms with E-state index in [1.165, 1.54) is 49.7 Å². The summed E-state index contributed by atoms with van der Waals surface area (Å²) in [6.07, 6.45) is 3.02. The van der Waals surface area contributed by atoms with Crippen molar-refractivity contribution in [1.82, 2.24) is 9.88 Å². The van der Waals surface area contributed by atoms with Gasteiger partial charge >= 0.3 is 6.18 Å². The lowest BCUT2D eigenvalue weighted by Crippen LogP contribution is -2.44. The van der Waals surface area contributed by atoms with Crippen molar-refractivity contribution in [3.05, 3.63) is 53.3 Å². The van der Waals surface area contributed by atoms with E-state index < -0.39 is 17.6 Å². The van der Waals surface area contributed by atoms with E-state index in [0.717, 1.165) is 25.3 Å². The predicted molar refractivity (Wildman–Crippen MR) is 131 cm³/mol. The van der Waals surface area contributed by atoms with Crippen molar-refractivity contribution in [2.75, 3.05) is 36.5 Å². The van der Waals surface area contributed by atoms with Gasteiger partial charge in [0.1, 0.15) is 5.69 Å². The first-order chi connectivity index (χ1) is 17.7. The number of carbonyl (C=O) groups is 2. The number of amides is 2. The third-order valence-electron chi connectivity index (χ3n) is 8.54. The molecule has 196 valence electrons. The molecular formula is C27H29F3N4O3. The van der Waals surface area contributed by atoms with E-state index in [4.69, 9.17) is 4.74 Å². The maximum atomic E-state index is 14.0. The Kier molecular flexibility index (Phi) is 5.89. The molecule has 2 bridgehead atoms. The van der Waals surface area contributed by atoms with Gasteiger partial charge in [-0.15, -0.1) is 0 Å². The summed E-state index contributed by atoms with van der Waals surface area (Å²) in [6, 6.07) is 6.94. The van der Waals surface area contributed by atoms with Gasteiger partial charge in [0, 0.05) is 37.2 Å². The Bertz CT molecular complexity index is 1200. The molecule has 1 aromatic carbocycles.